The smallest absolute Gasteiger partial charge is 0.294 e. The predicted molar refractivity (Wildman–Crippen MR) is 97.9 cm³/mol. The van der Waals surface area contributed by atoms with Crippen molar-refractivity contribution in [1.82, 2.24) is 0 Å². The third-order valence-corrected chi connectivity index (χ3v) is 3.95. The number of methoxy groups -OCH3 is 1. The van der Waals surface area contributed by atoms with Crippen molar-refractivity contribution < 1.29 is 24.5 Å². The summed E-state index contributed by atoms with van der Waals surface area (Å²) in [6.45, 7) is -0.540. The summed E-state index contributed by atoms with van der Waals surface area (Å²) in [4.78, 5) is 14.2. The highest BCUT2D eigenvalue weighted by atomic mass is 16.5. The Hall–Kier alpha value is -3.03. The molecule has 0 saturated heterocycles. The van der Waals surface area contributed by atoms with E-state index in [-0.39, 0.29) is 12.3 Å². The normalized spacial score (nSPS) is 16.2. The van der Waals surface area contributed by atoms with E-state index < -0.39 is 18.6 Å². The molecule has 1 unspecified atom stereocenters. The van der Waals surface area contributed by atoms with Gasteiger partial charge in [-0.3, -0.25) is 9.69 Å². The third kappa shape index (κ3) is 3.63. The van der Waals surface area contributed by atoms with Crippen LogP contribution in [0.4, 0.5) is 11.4 Å². The van der Waals surface area contributed by atoms with E-state index in [2.05, 4.69) is 0 Å². The molecular weight excluding hydrogens is 336 g/mol. The molecule has 1 aliphatic heterocycles. The fourth-order valence-corrected chi connectivity index (χ4v) is 2.66. The Balaban J connectivity index is 2.01. The van der Waals surface area contributed by atoms with Gasteiger partial charge in [0.15, 0.2) is 11.5 Å². The van der Waals surface area contributed by atoms with Gasteiger partial charge >= 0.3 is 0 Å². The first-order valence-electron chi connectivity index (χ1n) is 8.05. The van der Waals surface area contributed by atoms with Gasteiger partial charge in [0.25, 0.3) is 5.91 Å². The van der Waals surface area contributed by atoms with Crippen molar-refractivity contribution >= 4 is 23.4 Å². The maximum absolute atomic E-state index is 12.9. The minimum absolute atomic E-state index is 0.0788. The van der Waals surface area contributed by atoms with Crippen LogP contribution in [0.25, 0.3) is 6.08 Å². The van der Waals surface area contributed by atoms with Crippen LogP contribution in [0.1, 0.15) is 5.56 Å². The van der Waals surface area contributed by atoms with Crippen molar-refractivity contribution in [2.24, 2.45) is 0 Å². The lowest BCUT2D eigenvalue weighted by Crippen LogP contribution is -2.43. The SMILES string of the molecule is COc1cccc(/C=C2/Oc3ccc(N)cc3N(CC(O)CO)C2=O)c1. The van der Waals surface area contributed by atoms with Gasteiger partial charge in [0, 0.05) is 5.69 Å². The Morgan fingerprint density at radius 1 is 1.31 bits per heavy atom. The summed E-state index contributed by atoms with van der Waals surface area (Å²) in [5, 5.41) is 19.0. The standard InChI is InChI=1S/C19H20N2O5/c1-25-15-4-2-3-12(7-15)8-18-19(24)21(10-14(23)11-22)16-9-13(20)5-6-17(16)26-18/h2-9,14,22-23H,10-11,20H2,1H3/b18-8+. The van der Waals surface area contributed by atoms with Crippen molar-refractivity contribution in [1.29, 1.82) is 0 Å². The number of aliphatic hydroxyl groups excluding tert-OH is 2. The quantitative estimate of drug-likeness (QED) is 0.552. The van der Waals surface area contributed by atoms with E-state index in [1.54, 1.807) is 49.6 Å². The number of nitrogen functional groups attached to an aromatic ring is 1. The number of benzene rings is 2. The molecule has 7 nitrogen and oxygen atoms in total. The Labute approximate surface area is 150 Å². The molecule has 1 heterocycles. The molecule has 0 aromatic heterocycles. The third-order valence-electron chi connectivity index (χ3n) is 3.95. The molecular formula is C19H20N2O5. The number of carbonyl (C=O) groups excluding carboxylic acids is 1. The molecule has 0 fully saturated rings. The molecule has 26 heavy (non-hydrogen) atoms. The van der Waals surface area contributed by atoms with Crippen LogP contribution in [0, 0.1) is 0 Å². The second-order valence-corrected chi connectivity index (χ2v) is 5.87. The van der Waals surface area contributed by atoms with Crippen LogP contribution in [0.5, 0.6) is 11.5 Å². The summed E-state index contributed by atoms with van der Waals surface area (Å²) in [7, 11) is 1.56. The topological polar surface area (TPSA) is 105 Å². The number of ether oxygens (including phenoxy) is 2. The molecule has 4 N–H and O–H groups in total. The van der Waals surface area contributed by atoms with Crippen molar-refractivity contribution in [2.45, 2.75) is 6.10 Å². The van der Waals surface area contributed by atoms with Crippen LogP contribution in [0.15, 0.2) is 48.2 Å². The second-order valence-electron chi connectivity index (χ2n) is 5.87. The number of nitrogens with two attached hydrogens (primary N) is 1. The second kappa shape index (κ2) is 7.47. The van der Waals surface area contributed by atoms with Crippen molar-refractivity contribution in [2.75, 3.05) is 30.9 Å². The lowest BCUT2D eigenvalue weighted by Gasteiger charge is -2.31. The van der Waals surface area contributed by atoms with Gasteiger partial charge in [-0.2, -0.15) is 0 Å². The summed E-state index contributed by atoms with van der Waals surface area (Å²) in [6, 6.07) is 12.1. The molecule has 0 radical (unpaired) electrons. The van der Waals surface area contributed by atoms with Gasteiger partial charge in [0.2, 0.25) is 0 Å². The van der Waals surface area contributed by atoms with Gasteiger partial charge < -0.3 is 25.4 Å². The van der Waals surface area contributed by atoms with Crippen molar-refractivity contribution in [3.05, 3.63) is 53.8 Å². The predicted octanol–water partition coefficient (Wildman–Crippen LogP) is 1.40. The summed E-state index contributed by atoms with van der Waals surface area (Å²) < 4.78 is 10.9. The summed E-state index contributed by atoms with van der Waals surface area (Å²) in [5.74, 6) is 0.764. The van der Waals surface area contributed by atoms with Crippen LogP contribution >= 0.6 is 0 Å². The molecule has 1 amide bonds. The maximum atomic E-state index is 12.9. The number of fused-ring (bicyclic) bond motifs is 1. The number of hydrogen-bond acceptors (Lipinski definition) is 6. The van der Waals surface area contributed by atoms with Gasteiger partial charge in [0.1, 0.15) is 5.75 Å². The zero-order valence-corrected chi connectivity index (χ0v) is 14.3. The first kappa shape index (κ1) is 17.8. The molecule has 136 valence electrons. The molecule has 2 aromatic rings. The Kier molecular flexibility index (Phi) is 5.11. The lowest BCUT2D eigenvalue weighted by molar-refractivity contribution is -0.118. The molecule has 0 aliphatic carbocycles. The molecule has 3 rings (SSSR count). The number of nitrogens with zero attached hydrogens (tertiary/aromatic N) is 1. The minimum atomic E-state index is -1.08. The zero-order chi connectivity index (χ0) is 18.7. The Morgan fingerprint density at radius 2 is 2.12 bits per heavy atom. The molecule has 2 aromatic carbocycles. The van der Waals surface area contributed by atoms with Gasteiger partial charge in [-0.25, -0.2) is 0 Å². The van der Waals surface area contributed by atoms with Crippen LogP contribution in [0.2, 0.25) is 0 Å². The van der Waals surface area contributed by atoms with Crippen LogP contribution in [0.3, 0.4) is 0 Å². The van der Waals surface area contributed by atoms with Crippen molar-refractivity contribution in [3.63, 3.8) is 0 Å². The number of aliphatic hydroxyl groups is 2. The highest BCUT2D eigenvalue weighted by Gasteiger charge is 2.31. The first-order valence-corrected chi connectivity index (χ1v) is 8.05. The van der Waals surface area contributed by atoms with Gasteiger partial charge in [-0.05, 0) is 42.0 Å². The molecule has 7 heteroatoms. The van der Waals surface area contributed by atoms with E-state index in [9.17, 15) is 9.90 Å². The number of rotatable bonds is 5. The van der Waals surface area contributed by atoms with E-state index in [4.69, 9.17) is 20.3 Å². The Morgan fingerprint density at radius 3 is 2.85 bits per heavy atom. The average Bonchev–Trinajstić information content (AvgIpc) is 2.65. The highest BCUT2D eigenvalue weighted by molar-refractivity contribution is 6.10. The fourth-order valence-electron chi connectivity index (χ4n) is 2.66. The van der Waals surface area contributed by atoms with Crippen LogP contribution < -0.4 is 20.1 Å². The molecule has 0 spiro atoms. The van der Waals surface area contributed by atoms with E-state index in [1.165, 1.54) is 4.90 Å². The lowest BCUT2D eigenvalue weighted by atomic mass is 10.1. The monoisotopic (exact) mass is 356 g/mol. The summed E-state index contributed by atoms with van der Waals surface area (Å²) >= 11 is 0. The minimum Gasteiger partial charge on any atom is -0.497 e. The molecule has 1 aliphatic rings. The number of amides is 1. The van der Waals surface area contributed by atoms with Gasteiger partial charge in [0.05, 0.1) is 32.1 Å². The largest absolute Gasteiger partial charge is 0.497 e. The average molecular weight is 356 g/mol. The van der Waals surface area contributed by atoms with Gasteiger partial charge in [-0.15, -0.1) is 0 Å². The molecule has 0 saturated carbocycles. The zero-order valence-electron chi connectivity index (χ0n) is 14.3. The molecule has 0 bridgehead atoms. The van der Waals surface area contributed by atoms with Crippen LogP contribution in [-0.2, 0) is 4.79 Å². The summed E-state index contributed by atoms with van der Waals surface area (Å²) in [6.07, 6.45) is 0.520. The number of β-amino-alcohol motifs (C(OH)–C–C–N with tert-alkyl or cyclic N) is 1. The maximum Gasteiger partial charge on any atom is 0.294 e. The fraction of sp³-hybridized carbons (Fsp3) is 0.211. The summed E-state index contributed by atoms with van der Waals surface area (Å²) in [5.41, 5.74) is 7.45. The van der Waals surface area contributed by atoms with E-state index in [0.29, 0.717) is 22.9 Å². The first-order chi connectivity index (χ1) is 12.5. The number of carbonyl (C=O) groups is 1. The van der Waals surface area contributed by atoms with Crippen molar-refractivity contribution in [3.8, 4) is 11.5 Å². The van der Waals surface area contributed by atoms with Crippen LogP contribution in [-0.4, -0.2) is 42.5 Å². The molecule has 1 atom stereocenters. The number of anilines is 2. The Bertz CT molecular complexity index is 850. The van der Waals surface area contributed by atoms with Gasteiger partial charge in [-0.1, -0.05) is 12.1 Å². The van der Waals surface area contributed by atoms with E-state index >= 15 is 0 Å². The van der Waals surface area contributed by atoms with E-state index in [0.717, 1.165) is 5.56 Å². The highest BCUT2D eigenvalue weighted by Crippen LogP contribution is 2.37. The number of hydrogen-bond donors (Lipinski definition) is 3. The van der Waals surface area contributed by atoms with E-state index in [1.807, 2.05) is 6.07 Å².